The quantitative estimate of drug-likeness (QED) is 0.585. The zero-order valence-electron chi connectivity index (χ0n) is 16.3. The number of para-hydroxylation sites is 1. The van der Waals surface area contributed by atoms with Crippen molar-refractivity contribution in [3.05, 3.63) is 66.2 Å². The summed E-state index contributed by atoms with van der Waals surface area (Å²) >= 11 is 1.30. The van der Waals surface area contributed by atoms with Gasteiger partial charge in [0.05, 0.1) is 25.5 Å². The number of hydrogen-bond acceptors (Lipinski definition) is 6. The summed E-state index contributed by atoms with van der Waals surface area (Å²) < 4.78 is 20.7. The van der Waals surface area contributed by atoms with E-state index in [1.54, 1.807) is 12.1 Å². The first-order chi connectivity index (χ1) is 14.7. The van der Waals surface area contributed by atoms with Crippen molar-refractivity contribution in [3.63, 3.8) is 0 Å². The van der Waals surface area contributed by atoms with Crippen LogP contribution in [0, 0.1) is 5.82 Å². The summed E-state index contributed by atoms with van der Waals surface area (Å²) in [5.41, 5.74) is 1.37. The molecule has 1 amide bonds. The average Bonchev–Trinajstić information content (AvgIpc) is 3.16. The second kappa shape index (κ2) is 9.84. The van der Waals surface area contributed by atoms with E-state index in [9.17, 15) is 9.18 Å². The Hall–Kier alpha value is -2.75. The third-order valence-electron chi connectivity index (χ3n) is 4.62. The predicted molar refractivity (Wildman–Crippen MR) is 113 cm³/mol. The van der Waals surface area contributed by atoms with Gasteiger partial charge < -0.3 is 10.1 Å². The summed E-state index contributed by atoms with van der Waals surface area (Å²) in [6, 6.07) is 15.7. The molecule has 0 atom stereocenters. The van der Waals surface area contributed by atoms with Gasteiger partial charge in [0.15, 0.2) is 11.0 Å². The molecule has 9 heteroatoms. The standard InChI is InChI=1S/C21H22FN5O2S/c22-16-5-4-6-17(13-16)23-20(28)15-30-21-25-24-19(14-26-9-11-29-12-10-26)27(21)18-7-2-1-3-8-18/h1-8,13H,9-12,14-15H2,(H,23,28). The van der Waals surface area contributed by atoms with Crippen LogP contribution in [-0.4, -0.2) is 57.6 Å². The Bertz CT molecular complexity index is 992. The zero-order valence-corrected chi connectivity index (χ0v) is 17.1. The van der Waals surface area contributed by atoms with Gasteiger partial charge in [0.2, 0.25) is 5.91 Å². The number of carbonyl (C=O) groups is 1. The van der Waals surface area contributed by atoms with E-state index in [0.29, 0.717) is 30.6 Å². The highest BCUT2D eigenvalue weighted by Gasteiger charge is 2.19. The number of rotatable bonds is 7. The van der Waals surface area contributed by atoms with E-state index in [1.165, 1.54) is 23.9 Å². The fourth-order valence-electron chi connectivity index (χ4n) is 3.19. The molecular weight excluding hydrogens is 405 g/mol. The molecule has 7 nitrogen and oxygen atoms in total. The highest BCUT2D eigenvalue weighted by atomic mass is 32.2. The number of benzene rings is 2. The molecule has 1 aliphatic rings. The molecule has 0 aliphatic carbocycles. The molecule has 30 heavy (non-hydrogen) atoms. The molecule has 0 bridgehead atoms. The Morgan fingerprint density at radius 2 is 1.90 bits per heavy atom. The van der Waals surface area contributed by atoms with Crippen molar-refractivity contribution in [2.24, 2.45) is 0 Å². The molecule has 0 radical (unpaired) electrons. The Balaban J connectivity index is 1.48. The number of aromatic nitrogens is 3. The van der Waals surface area contributed by atoms with E-state index in [-0.39, 0.29) is 11.7 Å². The number of thioether (sulfide) groups is 1. The van der Waals surface area contributed by atoms with Gasteiger partial charge in [0.25, 0.3) is 0 Å². The van der Waals surface area contributed by atoms with E-state index in [4.69, 9.17) is 4.74 Å². The third-order valence-corrected chi connectivity index (χ3v) is 5.55. The molecule has 1 aliphatic heterocycles. The minimum absolute atomic E-state index is 0.138. The average molecular weight is 428 g/mol. The summed E-state index contributed by atoms with van der Waals surface area (Å²) in [7, 11) is 0. The van der Waals surface area contributed by atoms with Gasteiger partial charge >= 0.3 is 0 Å². The second-order valence-corrected chi connectivity index (χ2v) is 7.75. The number of nitrogens with one attached hydrogen (secondary N) is 1. The summed E-state index contributed by atoms with van der Waals surface area (Å²) in [4.78, 5) is 14.6. The summed E-state index contributed by atoms with van der Waals surface area (Å²) in [6.45, 7) is 3.77. The Labute approximate surface area is 178 Å². The SMILES string of the molecule is O=C(CSc1nnc(CN2CCOCC2)n1-c1ccccc1)Nc1cccc(F)c1. The number of anilines is 1. The lowest BCUT2D eigenvalue weighted by molar-refractivity contribution is -0.113. The Morgan fingerprint density at radius 3 is 2.67 bits per heavy atom. The van der Waals surface area contributed by atoms with Crippen molar-refractivity contribution >= 4 is 23.4 Å². The lowest BCUT2D eigenvalue weighted by Gasteiger charge is -2.26. The first kappa shape index (κ1) is 20.5. The highest BCUT2D eigenvalue weighted by Crippen LogP contribution is 2.23. The number of ether oxygens (including phenoxy) is 1. The monoisotopic (exact) mass is 427 g/mol. The lowest BCUT2D eigenvalue weighted by atomic mass is 10.3. The molecule has 0 saturated carbocycles. The Morgan fingerprint density at radius 1 is 1.10 bits per heavy atom. The van der Waals surface area contributed by atoms with Gasteiger partial charge in [-0.15, -0.1) is 10.2 Å². The minimum Gasteiger partial charge on any atom is -0.379 e. The predicted octanol–water partition coefficient (Wildman–Crippen LogP) is 2.97. The maximum Gasteiger partial charge on any atom is 0.234 e. The second-order valence-electron chi connectivity index (χ2n) is 6.81. The van der Waals surface area contributed by atoms with Crippen molar-refractivity contribution in [1.82, 2.24) is 19.7 Å². The molecule has 3 aromatic rings. The van der Waals surface area contributed by atoms with E-state index in [2.05, 4.69) is 20.4 Å². The molecular formula is C21H22FN5O2S. The molecule has 1 N–H and O–H groups in total. The molecule has 2 heterocycles. The van der Waals surface area contributed by atoms with Crippen molar-refractivity contribution in [2.45, 2.75) is 11.7 Å². The smallest absolute Gasteiger partial charge is 0.234 e. The maximum absolute atomic E-state index is 13.3. The van der Waals surface area contributed by atoms with Gasteiger partial charge in [-0.3, -0.25) is 14.3 Å². The van der Waals surface area contributed by atoms with Crippen LogP contribution in [0.4, 0.5) is 10.1 Å². The number of carbonyl (C=O) groups excluding carboxylic acids is 1. The molecule has 1 saturated heterocycles. The number of morpholine rings is 1. The van der Waals surface area contributed by atoms with E-state index >= 15 is 0 Å². The Kier molecular flexibility index (Phi) is 6.73. The number of hydrogen-bond donors (Lipinski definition) is 1. The van der Waals surface area contributed by atoms with Crippen LogP contribution in [0.3, 0.4) is 0 Å². The van der Waals surface area contributed by atoms with Crippen molar-refractivity contribution < 1.29 is 13.9 Å². The van der Waals surface area contributed by atoms with E-state index in [0.717, 1.165) is 24.6 Å². The van der Waals surface area contributed by atoms with Crippen LogP contribution >= 0.6 is 11.8 Å². The van der Waals surface area contributed by atoms with Crippen LogP contribution in [-0.2, 0) is 16.1 Å². The van der Waals surface area contributed by atoms with Gasteiger partial charge in [-0.25, -0.2) is 4.39 Å². The van der Waals surface area contributed by atoms with Gasteiger partial charge in [-0.2, -0.15) is 0 Å². The molecule has 4 rings (SSSR count). The van der Waals surface area contributed by atoms with Crippen molar-refractivity contribution in [1.29, 1.82) is 0 Å². The molecule has 0 spiro atoms. The molecule has 2 aromatic carbocycles. The topological polar surface area (TPSA) is 72.3 Å². The van der Waals surface area contributed by atoms with Gasteiger partial charge in [-0.1, -0.05) is 36.0 Å². The van der Waals surface area contributed by atoms with Crippen LogP contribution < -0.4 is 5.32 Å². The summed E-state index contributed by atoms with van der Waals surface area (Å²) in [5, 5.41) is 12.1. The summed E-state index contributed by atoms with van der Waals surface area (Å²) in [6.07, 6.45) is 0. The summed E-state index contributed by atoms with van der Waals surface area (Å²) in [5.74, 6) is 0.329. The number of halogens is 1. The van der Waals surface area contributed by atoms with Crippen LogP contribution in [0.5, 0.6) is 0 Å². The van der Waals surface area contributed by atoms with Crippen molar-refractivity contribution in [3.8, 4) is 5.69 Å². The fraction of sp³-hybridized carbons (Fsp3) is 0.286. The van der Waals surface area contributed by atoms with Crippen LogP contribution in [0.15, 0.2) is 59.8 Å². The molecule has 1 aromatic heterocycles. The maximum atomic E-state index is 13.3. The van der Waals surface area contributed by atoms with E-state index in [1.807, 2.05) is 34.9 Å². The normalized spacial score (nSPS) is 14.6. The van der Waals surface area contributed by atoms with Crippen LogP contribution in [0.25, 0.3) is 5.69 Å². The van der Waals surface area contributed by atoms with Gasteiger partial charge in [0.1, 0.15) is 5.82 Å². The largest absolute Gasteiger partial charge is 0.379 e. The highest BCUT2D eigenvalue weighted by molar-refractivity contribution is 7.99. The number of amides is 1. The first-order valence-corrected chi connectivity index (χ1v) is 10.7. The first-order valence-electron chi connectivity index (χ1n) is 9.67. The van der Waals surface area contributed by atoms with Gasteiger partial charge in [-0.05, 0) is 30.3 Å². The third kappa shape index (κ3) is 5.24. The molecule has 156 valence electrons. The fourth-order valence-corrected chi connectivity index (χ4v) is 3.96. The molecule has 1 fully saturated rings. The van der Waals surface area contributed by atoms with Crippen molar-refractivity contribution in [2.75, 3.05) is 37.4 Å². The van der Waals surface area contributed by atoms with Crippen LogP contribution in [0.2, 0.25) is 0 Å². The molecule has 0 unspecified atom stereocenters. The zero-order chi connectivity index (χ0) is 20.8. The minimum atomic E-state index is -0.392. The lowest BCUT2D eigenvalue weighted by Crippen LogP contribution is -2.36. The van der Waals surface area contributed by atoms with Crippen LogP contribution in [0.1, 0.15) is 5.82 Å². The van der Waals surface area contributed by atoms with E-state index < -0.39 is 5.82 Å². The van der Waals surface area contributed by atoms with Gasteiger partial charge in [0, 0.05) is 24.5 Å². The number of nitrogens with zero attached hydrogens (tertiary/aromatic N) is 4.